The van der Waals surface area contributed by atoms with Crippen LogP contribution >= 0.6 is 0 Å². The Labute approximate surface area is 152 Å². The molecule has 1 N–H and O–H groups in total. The number of pyridine rings is 1. The number of rotatable bonds is 4. The van der Waals surface area contributed by atoms with E-state index in [0.29, 0.717) is 11.9 Å². The summed E-state index contributed by atoms with van der Waals surface area (Å²) >= 11 is 0. The lowest BCUT2D eigenvalue weighted by atomic mass is 10.2. The van der Waals surface area contributed by atoms with Gasteiger partial charge in [0, 0.05) is 51.5 Å². The fourth-order valence-electron chi connectivity index (χ4n) is 3.97. The zero-order chi connectivity index (χ0) is 18.3. The third-order valence-corrected chi connectivity index (χ3v) is 5.57. The smallest absolute Gasteiger partial charge is 0.332 e. The monoisotopic (exact) mass is 355 g/mol. The second-order valence-corrected chi connectivity index (χ2v) is 7.32. The van der Waals surface area contributed by atoms with Gasteiger partial charge in [-0.2, -0.15) is 0 Å². The van der Waals surface area contributed by atoms with Gasteiger partial charge in [-0.05, 0) is 37.3 Å². The van der Waals surface area contributed by atoms with Crippen LogP contribution in [0.5, 0.6) is 0 Å². The predicted octanol–water partition coefficient (Wildman–Crippen LogP) is 0.336. The van der Waals surface area contributed by atoms with E-state index in [2.05, 4.69) is 22.3 Å². The summed E-state index contributed by atoms with van der Waals surface area (Å²) in [5.74, 6) is 0.693. The van der Waals surface area contributed by atoms with Crippen molar-refractivity contribution in [3.63, 3.8) is 0 Å². The van der Waals surface area contributed by atoms with Gasteiger partial charge in [-0.1, -0.05) is 6.07 Å². The van der Waals surface area contributed by atoms with Crippen molar-refractivity contribution < 1.29 is 0 Å². The first-order chi connectivity index (χ1) is 12.5. The summed E-state index contributed by atoms with van der Waals surface area (Å²) in [5, 5.41) is 3.57. The molecule has 138 valence electrons. The van der Waals surface area contributed by atoms with Crippen LogP contribution in [-0.4, -0.2) is 33.2 Å². The normalized spacial score (nSPS) is 19.2. The van der Waals surface area contributed by atoms with Gasteiger partial charge in [0.1, 0.15) is 5.82 Å². The Morgan fingerprint density at radius 3 is 2.88 bits per heavy atom. The number of aromatic nitrogens is 3. The van der Waals surface area contributed by atoms with Crippen molar-refractivity contribution in [3.05, 3.63) is 56.0 Å². The van der Waals surface area contributed by atoms with E-state index in [1.165, 1.54) is 24.7 Å². The van der Waals surface area contributed by atoms with Crippen molar-refractivity contribution in [3.8, 4) is 0 Å². The summed E-state index contributed by atoms with van der Waals surface area (Å²) in [4.78, 5) is 31.0. The Morgan fingerprint density at radius 2 is 2.04 bits per heavy atom. The molecule has 7 heteroatoms. The highest BCUT2D eigenvalue weighted by Crippen LogP contribution is 2.21. The molecule has 1 aliphatic carbocycles. The molecule has 0 saturated carbocycles. The lowest BCUT2D eigenvalue weighted by molar-refractivity contribution is 0.544. The van der Waals surface area contributed by atoms with Crippen molar-refractivity contribution in [1.82, 2.24) is 19.4 Å². The van der Waals surface area contributed by atoms with Crippen molar-refractivity contribution >= 4 is 5.82 Å². The minimum atomic E-state index is -0.286. The van der Waals surface area contributed by atoms with Crippen LogP contribution in [0.2, 0.25) is 0 Å². The first kappa shape index (κ1) is 17.0. The van der Waals surface area contributed by atoms with Crippen LogP contribution in [0, 0.1) is 0 Å². The Morgan fingerprint density at radius 1 is 1.19 bits per heavy atom. The zero-order valence-electron chi connectivity index (χ0n) is 15.4. The number of nitrogens with zero attached hydrogens (tertiary/aromatic N) is 4. The summed E-state index contributed by atoms with van der Waals surface area (Å²) in [7, 11) is 3.22. The molecule has 2 aromatic heterocycles. The van der Waals surface area contributed by atoms with E-state index in [1.807, 2.05) is 0 Å². The van der Waals surface area contributed by atoms with Gasteiger partial charge in [0.15, 0.2) is 0 Å². The summed E-state index contributed by atoms with van der Waals surface area (Å²) in [6.45, 7) is 2.36. The van der Waals surface area contributed by atoms with Gasteiger partial charge >= 0.3 is 5.69 Å². The van der Waals surface area contributed by atoms with Crippen molar-refractivity contribution in [2.45, 2.75) is 38.3 Å². The predicted molar refractivity (Wildman–Crippen MR) is 101 cm³/mol. The fraction of sp³-hybridized carbons (Fsp3) is 0.526. The van der Waals surface area contributed by atoms with Crippen LogP contribution in [0.15, 0.2) is 27.8 Å². The lowest BCUT2D eigenvalue weighted by Gasteiger charge is -2.21. The molecule has 0 radical (unpaired) electrons. The van der Waals surface area contributed by atoms with Crippen LogP contribution in [0.3, 0.4) is 0 Å². The largest absolute Gasteiger partial charge is 0.356 e. The summed E-state index contributed by atoms with van der Waals surface area (Å²) < 4.78 is 2.68. The molecule has 1 aliphatic heterocycles. The van der Waals surface area contributed by atoms with Gasteiger partial charge in [0.25, 0.3) is 5.56 Å². The maximum Gasteiger partial charge on any atom is 0.332 e. The quantitative estimate of drug-likeness (QED) is 0.856. The number of anilines is 1. The molecule has 1 fully saturated rings. The van der Waals surface area contributed by atoms with E-state index in [9.17, 15) is 9.59 Å². The maximum atomic E-state index is 12.1. The highest BCUT2D eigenvalue weighted by Gasteiger charge is 2.25. The molecule has 0 unspecified atom stereocenters. The standard InChI is InChI=1S/C19H25N5O2/c1-22-17(10-18(25)23(2)19(22)26)24-9-8-15(12-24)20-11-14-7-6-13-4-3-5-16(13)21-14/h6-7,10,15,20H,3-5,8-9,11-12H2,1-2H3/t15-/m1/s1. The van der Waals surface area contributed by atoms with Crippen molar-refractivity contribution in [2.24, 2.45) is 14.1 Å². The number of hydrogen-bond acceptors (Lipinski definition) is 5. The third kappa shape index (κ3) is 3.07. The molecule has 1 saturated heterocycles. The van der Waals surface area contributed by atoms with Crippen LogP contribution in [-0.2, 0) is 33.5 Å². The molecule has 3 heterocycles. The van der Waals surface area contributed by atoms with E-state index < -0.39 is 0 Å². The highest BCUT2D eigenvalue weighted by atomic mass is 16.2. The summed E-state index contributed by atoms with van der Waals surface area (Å²) in [5.41, 5.74) is 3.19. The molecular formula is C19H25N5O2. The average Bonchev–Trinajstić information content (AvgIpc) is 3.30. The van der Waals surface area contributed by atoms with Gasteiger partial charge < -0.3 is 10.2 Å². The van der Waals surface area contributed by atoms with Crippen LogP contribution in [0.25, 0.3) is 0 Å². The summed E-state index contributed by atoms with van der Waals surface area (Å²) in [6.07, 6.45) is 4.45. The first-order valence-corrected chi connectivity index (χ1v) is 9.26. The number of aryl methyl sites for hydroxylation is 2. The topological polar surface area (TPSA) is 72.2 Å². The second-order valence-electron chi connectivity index (χ2n) is 7.32. The van der Waals surface area contributed by atoms with Gasteiger partial charge in [0.2, 0.25) is 0 Å². The summed E-state index contributed by atoms with van der Waals surface area (Å²) in [6, 6.07) is 6.20. The first-order valence-electron chi connectivity index (χ1n) is 9.26. The Hall–Kier alpha value is -2.41. The van der Waals surface area contributed by atoms with E-state index in [4.69, 9.17) is 4.98 Å². The zero-order valence-corrected chi connectivity index (χ0v) is 15.4. The molecule has 0 bridgehead atoms. The SMILES string of the molecule is Cn1c(N2CC[C@@H](NCc3ccc4c(n3)CCC4)C2)cc(=O)n(C)c1=O. The molecule has 2 aromatic rings. The maximum absolute atomic E-state index is 12.1. The minimum absolute atomic E-state index is 0.262. The molecule has 0 amide bonds. The number of fused-ring (bicyclic) bond motifs is 1. The van der Waals surface area contributed by atoms with E-state index in [-0.39, 0.29) is 11.2 Å². The van der Waals surface area contributed by atoms with Gasteiger partial charge in [-0.3, -0.25) is 18.9 Å². The van der Waals surface area contributed by atoms with E-state index >= 15 is 0 Å². The molecule has 0 aromatic carbocycles. The van der Waals surface area contributed by atoms with Crippen molar-refractivity contribution in [1.29, 1.82) is 0 Å². The van der Waals surface area contributed by atoms with E-state index in [0.717, 1.165) is 49.2 Å². The van der Waals surface area contributed by atoms with E-state index in [1.54, 1.807) is 17.7 Å². The molecular weight excluding hydrogens is 330 g/mol. The Bertz CT molecular complexity index is 946. The Balaban J connectivity index is 1.41. The number of hydrogen-bond donors (Lipinski definition) is 1. The van der Waals surface area contributed by atoms with Crippen molar-refractivity contribution in [2.75, 3.05) is 18.0 Å². The highest BCUT2D eigenvalue weighted by molar-refractivity contribution is 5.40. The van der Waals surface area contributed by atoms with Crippen LogP contribution < -0.4 is 21.5 Å². The minimum Gasteiger partial charge on any atom is -0.356 e. The van der Waals surface area contributed by atoms with Crippen LogP contribution in [0.1, 0.15) is 29.8 Å². The Kier molecular flexibility index (Phi) is 4.40. The average molecular weight is 355 g/mol. The van der Waals surface area contributed by atoms with Gasteiger partial charge in [-0.15, -0.1) is 0 Å². The molecule has 0 spiro atoms. The van der Waals surface area contributed by atoms with Gasteiger partial charge in [0.05, 0.1) is 5.69 Å². The van der Waals surface area contributed by atoms with Gasteiger partial charge in [-0.25, -0.2) is 4.79 Å². The second kappa shape index (κ2) is 6.72. The third-order valence-electron chi connectivity index (χ3n) is 5.57. The molecule has 26 heavy (non-hydrogen) atoms. The molecule has 1 atom stereocenters. The molecule has 7 nitrogen and oxygen atoms in total. The number of nitrogens with one attached hydrogen (secondary N) is 1. The lowest BCUT2D eigenvalue weighted by Crippen LogP contribution is -2.40. The van der Waals surface area contributed by atoms with Crippen LogP contribution in [0.4, 0.5) is 5.82 Å². The fourth-order valence-corrected chi connectivity index (χ4v) is 3.97. The molecule has 4 rings (SSSR count). The molecule has 2 aliphatic rings.